The molecule has 2 heterocycles. The van der Waals surface area contributed by atoms with Gasteiger partial charge in [0.1, 0.15) is 18.0 Å². The Hall–Kier alpha value is -2.02. The average Bonchev–Trinajstić information content (AvgIpc) is 2.86. The van der Waals surface area contributed by atoms with Gasteiger partial charge in [-0.05, 0) is 33.7 Å². The third-order valence-corrected chi connectivity index (χ3v) is 3.20. The summed E-state index contributed by atoms with van der Waals surface area (Å²) in [5.41, 5.74) is 1.42. The normalized spacial score (nSPS) is 12.6. The van der Waals surface area contributed by atoms with Gasteiger partial charge in [-0.1, -0.05) is 0 Å². The third kappa shape index (κ3) is 3.51. The quantitative estimate of drug-likeness (QED) is 0.677. The first-order chi connectivity index (χ1) is 9.58. The minimum absolute atomic E-state index is 0.0263. The number of hydrogen-bond donors (Lipinski definition) is 3. The zero-order chi connectivity index (χ0) is 14.5. The van der Waals surface area contributed by atoms with E-state index < -0.39 is 0 Å². The van der Waals surface area contributed by atoms with Crippen molar-refractivity contribution in [2.45, 2.75) is 39.7 Å². The predicted molar refractivity (Wildman–Crippen MR) is 75.5 cm³/mol. The lowest BCUT2D eigenvalue weighted by atomic mass is 10.1. The van der Waals surface area contributed by atoms with Crippen molar-refractivity contribution in [3.8, 4) is 0 Å². The molecule has 7 heteroatoms. The maximum atomic E-state index is 12.0. The molecule has 0 amide bonds. The number of aromatic amines is 2. The maximum absolute atomic E-state index is 12.0. The molecule has 20 heavy (non-hydrogen) atoms. The van der Waals surface area contributed by atoms with Gasteiger partial charge in [0.05, 0.1) is 5.56 Å². The topological polar surface area (TPSA) is 99.3 Å². The fourth-order valence-corrected chi connectivity index (χ4v) is 2.27. The molecule has 0 aliphatic heterocycles. The molecule has 0 aromatic carbocycles. The number of hydrogen-bond acceptors (Lipinski definition) is 5. The molecule has 2 aromatic rings. The van der Waals surface area contributed by atoms with Gasteiger partial charge in [0.25, 0.3) is 5.56 Å². The molecular formula is C13H20N6O. The van der Waals surface area contributed by atoms with Crippen LogP contribution in [0.5, 0.6) is 0 Å². The summed E-state index contributed by atoms with van der Waals surface area (Å²) in [4.78, 5) is 23.1. The van der Waals surface area contributed by atoms with Gasteiger partial charge in [-0.2, -0.15) is 5.10 Å². The van der Waals surface area contributed by atoms with Gasteiger partial charge in [0, 0.05) is 18.2 Å². The van der Waals surface area contributed by atoms with E-state index in [2.05, 4.69) is 30.5 Å². The van der Waals surface area contributed by atoms with Crippen LogP contribution in [0.25, 0.3) is 0 Å². The molecule has 0 bridgehead atoms. The fraction of sp³-hybridized carbons (Fsp3) is 0.538. The molecule has 3 N–H and O–H groups in total. The monoisotopic (exact) mass is 276 g/mol. The van der Waals surface area contributed by atoms with Crippen LogP contribution in [0, 0.1) is 13.8 Å². The molecule has 0 saturated carbocycles. The van der Waals surface area contributed by atoms with Crippen molar-refractivity contribution in [3.05, 3.63) is 39.6 Å². The number of aryl methyl sites for hydroxylation is 3. The number of H-pyrrole nitrogens is 2. The van der Waals surface area contributed by atoms with Gasteiger partial charge in [0.2, 0.25) is 0 Å². The van der Waals surface area contributed by atoms with Crippen molar-refractivity contribution < 1.29 is 0 Å². The van der Waals surface area contributed by atoms with E-state index in [1.165, 1.54) is 6.33 Å². The Balaban J connectivity index is 1.89. The van der Waals surface area contributed by atoms with E-state index in [0.29, 0.717) is 11.4 Å². The van der Waals surface area contributed by atoms with Crippen molar-refractivity contribution in [3.63, 3.8) is 0 Å². The summed E-state index contributed by atoms with van der Waals surface area (Å²) in [6.45, 7) is 6.43. The Morgan fingerprint density at radius 3 is 2.85 bits per heavy atom. The van der Waals surface area contributed by atoms with Crippen molar-refractivity contribution in [1.82, 2.24) is 30.5 Å². The number of aromatic nitrogens is 5. The lowest BCUT2D eigenvalue weighted by Crippen LogP contribution is -2.28. The van der Waals surface area contributed by atoms with Gasteiger partial charge >= 0.3 is 0 Å². The summed E-state index contributed by atoms with van der Waals surface area (Å²) in [5.74, 6) is 1.53. The average molecular weight is 276 g/mol. The van der Waals surface area contributed by atoms with E-state index in [9.17, 15) is 4.79 Å². The Morgan fingerprint density at radius 2 is 2.20 bits per heavy atom. The zero-order valence-corrected chi connectivity index (χ0v) is 12.0. The summed E-state index contributed by atoms with van der Waals surface area (Å²) in [6.07, 6.45) is 3.27. The first-order valence-electron chi connectivity index (χ1n) is 6.73. The second-order valence-corrected chi connectivity index (χ2v) is 4.86. The lowest BCUT2D eigenvalue weighted by molar-refractivity contribution is 0.545. The van der Waals surface area contributed by atoms with E-state index in [0.717, 1.165) is 30.9 Å². The van der Waals surface area contributed by atoms with E-state index in [1.807, 2.05) is 13.8 Å². The molecule has 0 saturated heterocycles. The van der Waals surface area contributed by atoms with Crippen LogP contribution in [0.2, 0.25) is 0 Å². The maximum Gasteiger partial charge on any atom is 0.255 e. The molecule has 2 rings (SSSR count). The van der Waals surface area contributed by atoms with Gasteiger partial charge in [-0.15, -0.1) is 0 Å². The minimum atomic E-state index is -0.0646. The largest absolute Gasteiger partial charge is 0.310 e. The van der Waals surface area contributed by atoms with Crippen LogP contribution in [0.1, 0.15) is 42.3 Å². The highest BCUT2D eigenvalue weighted by Crippen LogP contribution is 2.10. The molecule has 0 fully saturated rings. The molecule has 2 aromatic heterocycles. The van der Waals surface area contributed by atoms with Gasteiger partial charge in [-0.3, -0.25) is 9.89 Å². The van der Waals surface area contributed by atoms with Crippen LogP contribution in [-0.4, -0.2) is 31.7 Å². The Kier molecular flexibility index (Phi) is 4.62. The van der Waals surface area contributed by atoms with Crippen molar-refractivity contribution in [2.24, 2.45) is 0 Å². The fourth-order valence-electron chi connectivity index (χ4n) is 2.27. The SMILES string of the molecule is Cc1nc(C)c(C(C)NCCCc2ncn[nH]2)c(=O)[nH]1. The second-order valence-electron chi connectivity index (χ2n) is 4.86. The van der Waals surface area contributed by atoms with Crippen LogP contribution < -0.4 is 10.9 Å². The molecule has 0 spiro atoms. The van der Waals surface area contributed by atoms with Crippen LogP contribution >= 0.6 is 0 Å². The first-order valence-corrected chi connectivity index (χ1v) is 6.73. The van der Waals surface area contributed by atoms with Crippen LogP contribution in [0.3, 0.4) is 0 Å². The molecular weight excluding hydrogens is 256 g/mol. The molecule has 0 aliphatic carbocycles. The van der Waals surface area contributed by atoms with Crippen molar-refractivity contribution in [1.29, 1.82) is 0 Å². The van der Waals surface area contributed by atoms with Gasteiger partial charge in [0.15, 0.2) is 0 Å². The predicted octanol–water partition coefficient (Wildman–Crippen LogP) is 0.788. The molecule has 108 valence electrons. The standard InChI is InChI=1S/C13H20N6O/c1-8(12-9(2)17-10(3)18-13(12)20)14-6-4-5-11-15-7-16-19-11/h7-8,14H,4-6H2,1-3H3,(H,15,16,19)(H,17,18,20). The van der Waals surface area contributed by atoms with Crippen LogP contribution in [0.4, 0.5) is 0 Å². The van der Waals surface area contributed by atoms with E-state index in [-0.39, 0.29) is 11.6 Å². The van der Waals surface area contributed by atoms with E-state index >= 15 is 0 Å². The Morgan fingerprint density at radius 1 is 1.40 bits per heavy atom. The van der Waals surface area contributed by atoms with Crippen LogP contribution in [0.15, 0.2) is 11.1 Å². The van der Waals surface area contributed by atoms with Gasteiger partial charge < -0.3 is 10.3 Å². The van der Waals surface area contributed by atoms with Crippen molar-refractivity contribution >= 4 is 0 Å². The summed E-state index contributed by atoms with van der Waals surface area (Å²) in [7, 11) is 0. The van der Waals surface area contributed by atoms with Crippen LogP contribution in [-0.2, 0) is 6.42 Å². The Labute approximate surface area is 117 Å². The molecule has 1 atom stereocenters. The highest BCUT2D eigenvalue weighted by Gasteiger charge is 2.13. The minimum Gasteiger partial charge on any atom is -0.310 e. The summed E-state index contributed by atoms with van der Waals surface area (Å²) in [5, 5.41) is 9.97. The second kappa shape index (κ2) is 6.42. The van der Waals surface area contributed by atoms with Gasteiger partial charge in [-0.25, -0.2) is 9.97 Å². The number of rotatable bonds is 6. The first kappa shape index (κ1) is 14.4. The number of nitrogens with one attached hydrogen (secondary N) is 3. The molecule has 0 radical (unpaired) electrons. The Bertz CT molecular complexity index is 604. The molecule has 7 nitrogen and oxygen atoms in total. The highest BCUT2D eigenvalue weighted by molar-refractivity contribution is 5.19. The molecule has 1 unspecified atom stereocenters. The van der Waals surface area contributed by atoms with E-state index in [4.69, 9.17) is 0 Å². The smallest absolute Gasteiger partial charge is 0.255 e. The lowest BCUT2D eigenvalue weighted by Gasteiger charge is -2.15. The summed E-state index contributed by atoms with van der Waals surface area (Å²) in [6, 6.07) is -0.0263. The third-order valence-electron chi connectivity index (χ3n) is 3.20. The highest BCUT2D eigenvalue weighted by atomic mass is 16.1. The molecule has 0 aliphatic rings. The summed E-state index contributed by atoms with van der Waals surface area (Å²) < 4.78 is 0. The zero-order valence-electron chi connectivity index (χ0n) is 12.0. The van der Waals surface area contributed by atoms with Crippen molar-refractivity contribution in [2.75, 3.05) is 6.54 Å². The number of nitrogens with zero attached hydrogens (tertiary/aromatic N) is 3. The summed E-state index contributed by atoms with van der Waals surface area (Å²) >= 11 is 0. The van der Waals surface area contributed by atoms with E-state index in [1.54, 1.807) is 6.92 Å².